The molecule has 0 atom stereocenters. The lowest BCUT2D eigenvalue weighted by molar-refractivity contribution is 0.244. The van der Waals surface area contributed by atoms with E-state index in [0.717, 1.165) is 42.6 Å². The maximum Gasteiger partial charge on any atom is 0.274 e. The molecule has 0 bridgehead atoms. The second kappa shape index (κ2) is 9.86. The van der Waals surface area contributed by atoms with Crippen molar-refractivity contribution in [2.75, 3.05) is 20.8 Å². The summed E-state index contributed by atoms with van der Waals surface area (Å²) in [6.45, 7) is 0.785. The molecular weight excluding hydrogens is 418 g/mol. The van der Waals surface area contributed by atoms with E-state index >= 15 is 0 Å². The quantitative estimate of drug-likeness (QED) is 0.465. The van der Waals surface area contributed by atoms with Crippen molar-refractivity contribution >= 4 is 10.2 Å². The molecule has 2 aromatic rings. The van der Waals surface area contributed by atoms with Gasteiger partial charge < -0.3 is 19.9 Å². The highest BCUT2D eigenvalue weighted by Gasteiger charge is 2.37. The predicted octanol–water partition coefficient (Wildman–Crippen LogP) is 2.17. The Hall–Kier alpha value is -2.33. The first-order valence-corrected chi connectivity index (χ1v) is 11.8. The number of nitrogens with one attached hydrogen (secondary N) is 2. The maximum absolute atomic E-state index is 11.6. The summed E-state index contributed by atoms with van der Waals surface area (Å²) < 4.78 is 36.1. The number of aromatic hydroxyl groups is 1. The van der Waals surface area contributed by atoms with Crippen molar-refractivity contribution in [3.05, 3.63) is 53.6 Å². The van der Waals surface area contributed by atoms with E-state index in [4.69, 9.17) is 14.6 Å². The molecule has 0 amide bonds. The molecule has 0 aromatic heterocycles. The average Bonchev–Trinajstić information content (AvgIpc) is 2.77. The second-order valence-electron chi connectivity index (χ2n) is 8.03. The molecular formula is C22H31N3O5S. The molecule has 2 aromatic carbocycles. The average molecular weight is 450 g/mol. The molecule has 9 heteroatoms. The van der Waals surface area contributed by atoms with Crippen molar-refractivity contribution < 1.29 is 23.0 Å². The van der Waals surface area contributed by atoms with E-state index in [0.29, 0.717) is 12.3 Å². The van der Waals surface area contributed by atoms with E-state index in [1.807, 2.05) is 36.4 Å². The number of ether oxygens (including phenoxy) is 2. The molecule has 0 saturated heterocycles. The van der Waals surface area contributed by atoms with Crippen LogP contribution in [0.25, 0.3) is 0 Å². The van der Waals surface area contributed by atoms with Crippen LogP contribution < -0.4 is 24.7 Å². The predicted molar refractivity (Wildman–Crippen MR) is 120 cm³/mol. The Bertz CT molecular complexity index is 988. The van der Waals surface area contributed by atoms with Gasteiger partial charge in [0, 0.05) is 36.2 Å². The van der Waals surface area contributed by atoms with Gasteiger partial charge in [0.15, 0.2) is 0 Å². The normalized spacial score (nSPS) is 21.6. The van der Waals surface area contributed by atoms with Gasteiger partial charge in [0.1, 0.15) is 17.2 Å². The monoisotopic (exact) mass is 449 g/mol. The molecule has 3 rings (SSSR count). The Labute approximate surface area is 183 Å². The van der Waals surface area contributed by atoms with Gasteiger partial charge in [-0.25, -0.2) is 9.86 Å². The summed E-state index contributed by atoms with van der Waals surface area (Å²) in [6.07, 6.45) is 3.30. The second-order valence-corrected chi connectivity index (χ2v) is 9.41. The zero-order valence-electron chi connectivity index (χ0n) is 17.9. The molecule has 0 spiro atoms. The van der Waals surface area contributed by atoms with Gasteiger partial charge in [-0.05, 0) is 49.4 Å². The van der Waals surface area contributed by atoms with E-state index in [9.17, 15) is 13.5 Å². The van der Waals surface area contributed by atoms with Crippen molar-refractivity contribution in [1.82, 2.24) is 10.0 Å². The third-order valence-corrected chi connectivity index (χ3v) is 6.66. The lowest BCUT2D eigenvalue weighted by Crippen LogP contribution is -2.47. The Balaban J connectivity index is 1.69. The minimum atomic E-state index is -3.79. The maximum atomic E-state index is 11.6. The molecule has 170 valence electrons. The number of methoxy groups -OCH3 is 2. The first-order valence-electron chi connectivity index (χ1n) is 10.3. The molecule has 0 heterocycles. The molecule has 5 N–H and O–H groups in total. The number of hydrogen-bond acceptors (Lipinski definition) is 6. The third-order valence-electron chi connectivity index (χ3n) is 6.11. The summed E-state index contributed by atoms with van der Waals surface area (Å²) >= 11 is 0. The Morgan fingerprint density at radius 1 is 1.10 bits per heavy atom. The van der Waals surface area contributed by atoms with Crippen LogP contribution in [0.4, 0.5) is 0 Å². The Morgan fingerprint density at radius 3 is 2.39 bits per heavy atom. The van der Waals surface area contributed by atoms with E-state index < -0.39 is 10.2 Å². The highest BCUT2D eigenvalue weighted by Crippen LogP contribution is 2.40. The van der Waals surface area contributed by atoms with Crippen molar-refractivity contribution in [2.45, 2.75) is 43.7 Å². The summed E-state index contributed by atoms with van der Waals surface area (Å²) in [5.74, 6) is 1.55. The van der Waals surface area contributed by atoms with Crippen molar-refractivity contribution in [3.8, 4) is 17.2 Å². The zero-order valence-corrected chi connectivity index (χ0v) is 18.7. The number of benzene rings is 2. The Morgan fingerprint density at radius 2 is 1.77 bits per heavy atom. The van der Waals surface area contributed by atoms with Crippen LogP contribution in [0.15, 0.2) is 42.5 Å². The van der Waals surface area contributed by atoms with Gasteiger partial charge in [0.2, 0.25) is 0 Å². The molecule has 8 nitrogen and oxygen atoms in total. The molecule has 1 fully saturated rings. The lowest BCUT2D eigenvalue weighted by Gasteiger charge is -2.41. The minimum absolute atomic E-state index is 0.200. The zero-order chi connectivity index (χ0) is 22.5. The summed E-state index contributed by atoms with van der Waals surface area (Å²) in [6, 6.07) is 13.3. The van der Waals surface area contributed by atoms with Crippen LogP contribution in [0.5, 0.6) is 17.2 Å². The smallest absolute Gasteiger partial charge is 0.274 e. The first kappa shape index (κ1) is 23.3. The van der Waals surface area contributed by atoms with Gasteiger partial charge in [-0.3, -0.25) is 0 Å². The third kappa shape index (κ3) is 6.10. The number of hydrogen-bond donors (Lipinski definition) is 4. The minimum Gasteiger partial charge on any atom is -0.507 e. The van der Waals surface area contributed by atoms with Crippen LogP contribution in [0.2, 0.25) is 0 Å². The van der Waals surface area contributed by atoms with E-state index in [2.05, 4.69) is 10.0 Å². The van der Waals surface area contributed by atoms with Crippen molar-refractivity contribution in [2.24, 2.45) is 5.14 Å². The number of phenolic OH excluding ortho intramolecular Hbond substituents is 1. The molecule has 1 saturated carbocycles. The van der Waals surface area contributed by atoms with Crippen molar-refractivity contribution in [1.29, 1.82) is 0 Å². The van der Waals surface area contributed by atoms with Gasteiger partial charge >= 0.3 is 0 Å². The van der Waals surface area contributed by atoms with Crippen LogP contribution in [0.3, 0.4) is 0 Å². The number of nitrogens with two attached hydrogens (primary N) is 1. The summed E-state index contributed by atoms with van der Waals surface area (Å²) in [7, 11) is -0.612. The fourth-order valence-electron chi connectivity index (χ4n) is 4.21. The molecule has 1 aliphatic carbocycles. The largest absolute Gasteiger partial charge is 0.507 e. The Kier molecular flexibility index (Phi) is 7.42. The first-order chi connectivity index (χ1) is 14.7. The number of rotatable bonds is 9. The topological polar surface area (TPSA) is 123 Å². The van der Waals surface area contributed by atoms with Gasteiger partial charge in [-0.2, -0.15) is 8.42 Å². The number of phenols is 1. The highest BCUT2D eigenvalue weighted by molar-refractivity contribution is 7.87. The molecule has 31 heavy (non-hydrogen) atoms. The standard InChI is InChI=1S/C22H31N3O5S/c1-29-19-5-3-4-17(12-19)22(15-25-31(23,27)28)10-8-18(9-11-22)24-14-16-6-7-20(30-2)13-21(16)26/h3-7,12-13,18,24-26H,8-11,14-15H2,1-2H3,(H2,23,27,28)/t18-,22-. The van der Waals surface area contributed by atoms with Crippen LogP contribution in [0.1, 0.15) is 36.8 Å². The highest BCUT2D eigenvalue weighted by atomic mass is 32.2. The van der Waals surface area contributed by atoms with E-state index in [1.54, 1.807) is 20.3 Å². The molecule has 1 aliphatic rings. The lowest BCUT2D eigenvalue weighted by atomic mass is 9.68. The van der Waals surface area contributed by atoms with Gasteiger partial charge in [-0.15, -0.1) is 0 Å². The van der Waals surface area contributed by atoms with Crippen molar-refractivity contribution in [3.63, 3.8) is 0 Å². The van der Waals surface area contributed by atoms with Crippen LogP contribution in [-0.2, 0) is 22.2 Å². The fraction of sp³-hybridized carbons (Fsp3) is 0.455. The van der Waals surface area contributed by atoms with Gasteiger partial charge in [0.05, 0.1) is 14.2 Å². The molecule has 0 aliphatic heterocycles. The van der Waals surface area contributed by atoms with Crippen LogP contribution in [0, 0.1) is 0 Å². The fourth-order valence-corrected chi connectivity index (χ4v) is 4.69. The SMILES string of the molecule is COc1ccc(CN[C@H]2CC[C@](CNS(N)(=O)=O)(c3cccc(OC)c3)CC2)c(O)c1. The van der Waals surface area contributed by atoms with Gasteiger partial charge in [0.25, 0.3) is 10.2 Å². The summed E-state index contributed by atoms with van der Waals surface area (Å²) in [5, 5.41) is 18.9. The molecule has 0 radical (unpaired) electrons. The summed E-state index contributed by atoms with van der Waals surface area (Å²) in [5.41, 5.74) is 1.48. The van der Waals surface area contributed by atoms with Gasteiger partial charge in [-0.1, -0.05) is 18.2 Å². The van der Waals surface area contributed by atoms with Crippen LogP contribution in [-0.4, -0.2) is 40.3 Å². The summed E-state index contributed by atoms with van der Waals surface area (Å²) in [4.78, 5) is 0. The van der Waals surface area contributed by atoms with E-state index in [-0.39, 0.29) is 23.8 Å². The molecule has 0 unspecified atom stereocenters. The van der Waals surface area contributed by atoms with Crippen LogP contribution >= 0.6 is 0 Å². The van der Waals surface area contributed by atoms with E-state index in [1.165, 1.54) is 0 Å².